The van der Waals surface area contributed by atoms with E-state index in [9.17, 15) is 5.11 Å². The molecule has 0 saturated carbocycles. The predicted molar refractivity (Wildman–Crippen MR) is 73.4 cm³/mol. The average molecular weight is 248 g/mol. The second-order valence-corrected chi connectivity index (χ2v) is 4.87. The van der Waals surface area contributed by atoms with Crippen molar-refractivity contribution in [3.63, 3.8) is 0 Å². The smallest absolute Gasteiger partial charge is 0.0970 e. The summed E-state index contributed by atoms with van der Waals surface area (Å²) in [5.74, 6) is 0. The molecule has 1 atom stereocenters. The van der Waals surface area contributed by atoms with Gasteiger partial charge in [0.2, 0.25) is 0 Å². The van der Waals surface area contributed by atoms with Gasteiger partial charge in [-0.2, -0.15) is 11.3 Å². The number of rotatable bonds is 4. The van der Waals surface area contributed by atoms with Crippen molar-refractivity contribution >= 4 is 22.7 Å². The van der Waals surface area contributed by atoms with Crippen LogP contribution in [0.3, 0.4) is 0 Å². The van der Waals surface area contributed by atoms with E-state index in [1.165, 1.54) is 0 Å². The Kier molecular flexibility index (Phi) is 3.66. The standard InChI is InChI=1S/C13H16N2OS/c1-9-4-11(14)6-12(5-9)15-7-13(16)10-2-3-17-8-10/h2-6,8,13,15-16H,7,14H2,1H3. The number of nitrogens with two attached hydrogens (primary N) is 1. The van der Waals surface area contributed by atoms with Crippen LogP contribution >= 0.6 is 11.3 Å². The molecule has 1 aromatic heterocycles. The van der Waals surface area contributed by atoms with Crippen molar-refractivity contribution in [2.45, 2.75) is 13.0 Å². The lowest BCUT2D eigenvalue weighted by molar-refractivity contribution is 0.192. The summed E-state index contributed by atoms with van der Waals surface area (Å²) < 4.78 is 0. The van der Waals surface area contributed by atoms with Crippen molar-refractivity contribution in [1.29, 1.82) is 0 Å². The van der Waals surface area contributed by atoms with Crippen molar-refractivity contribution in [3.8, 4) is 0 Å². The maximum atomic E-state index is 9.92. The Morgan fingerprint density at radius 1 is 1.41 bits per heavy atom. The summed E-state index contributed by atoms with van der Waals surface area (Å²) in [4.78, 5) is 0. The summed E-state index contributed by atoms with van der Waals surface area (Å²) in [6.45, 7) is 2.48. The number of benzene rings is 1. The van der Waals surface area contributed by atoms with Gasteiger partial charge < -0.3 is 16.2 Å². The maximum absolute atomic E-state index is 9.92. The molecule has 4 N–H and O–H groups in total. The van der Waals surface area contributed by atoms with Crippen molar-refractivity contribution < 1.29 is 5.11 Å². The van der Waals surface area contributed by atoms with E-state index < -0.39 is 6.10 Å². The number of nitrogens with one attached hydrogen (secondary N) is 1. The molecule has 2 aromatic rings. The first-order chi connectivity index (χ1) is 8.15. The van der Waals surface area contributed by atoms with Gasteiger partial charge in [-0.3, -0.25) is 0 Å². The fraction of sp³-hybridized carbons (Fsp3) is 0.231. The van der Waals surface area contributed by atoms with Gasteiger partial charge in [-0.1, -0.05) is 0 Å². The molecule has 0 aliphatic heterocycles. The molecular weight excluding hydrogens is 232 g/mol. The number of hydrogen-bond donors (Lipinski definition) is 3. The first-order valence-electron chi connectivity index (χ1n) is 5.46. The number of aryl methyl sites for hydroxylation is 1. The zero-order chi connectivity index (χ0) is 12.3. The summed E-state index contributed by atoms with van der Waals surface area (Å²) in [5, 5.41) is 17.0. The largest absolute Gasteiger partial charge is 0.399 e. The fourth-order valence-corrected chi connectivity index (χ4v) is 2.42. The molecule has 0 fully saturated rings. The number of thiophene rings is 1. The zero-order valence-corrected chi connectivity index (χ0v) is 10.5. The molecule has 4 heteroatoms. The van der Waals surface area contributed by atoms with E-state index in [1.807, 2.05) is 41.9 Å². The van der Waals surface area contributed by atoms with Gasteiger partial charge in [0.25, 0.3) is 0 Å². The Hall–Kier alpha value is -1.52. The Balaban J connectivity index is 1.98. The monoisotopic (exact) mass is 248 g/mol. The quantitative estimate of drug-likeness (QED) is 0.729. The van der Waals surface area contributed by atoms with Gasteiger partial charge in [0.15, 0.2) is 0 Å². The highest BCUT2D eigenvalue weighted by Gasteiger charge is 2.07. The number of nitrogen functional groups attached to an aromatic ring is 1. The van der Waals surface area contributed by atoms with Crippen LogP contribution in [0, 0.1) is 6.92 Å². The molecule has 2 rings (SSSR count). The van der Waals surface area contributed by atoms with Crippen LogP contribution < -0.4 is 11.1 Å². The van der Waals surface area contributed by atoms with Crippen LogP contribution in [0.4, 0.5) is 11.4 Å². The summed E-state index contributed by atoms with van der Waals surface area (Å²) in [6, 6.07) is 7.73. The molecule has 1 heterocycles. The molecule has 0 saturated heterocycles. The lowest BCUT2D eigenvalue weighted by atomic mass is 10.1. The van der Waals surface area contributed by atoms with Crippen LogP contribution in [0.5, 0.6) is 0 Å². The molecule has 90 valence electrons. The van der Waals surface area contributed by atoms with E-state index >= 15 is 0 Å². The van der Waals surface area contributed by atoms with Gasteiger partial charge in [0.05, 0.1) is 6.10 Å². The summed E-state index contributed by atoms with van der Waals surface area (Å²) in [6.07, 6.45) is -0.483. The summed E-state index contributed by atoms with van der Waals surface area (Å²) in [7, 11) is 0. The summed E-state index contributed by atoms with van der Waals surface area (Å²) in [5.41, 5.74) is 9.49. The Bertz CT molecular complexity index is 462. The third-order valence-electron chi connectivity index (χ3n) is 2.53. The van der Waals surface area contributed by atoms with Gasteiger partial charge in [-0.25, -0.2) is 0 Å². The molecule has 17 heavy (non-hydrogen) atoms. The van der Waals surface area contributed by atoms with Gasteiger partial charge in [0, 0.05) is 17.9 Å². The molecule has 3 nitrogen and oxygen atoms in total. The molecular formula is C13H16N2OS. The minimum Gasteiger partial charge on any atom is -0.399 e. The summed E-state index contributed by atoms with van der Waals surface area (Å²) >= 11 is 1.59. The molecule has 1 unspecified atom stereocenters. The van der Waals surface area contributed by atoms with E-state index in [-0.39, 0.29) is 0 Å². The SMILES string of the molecule is Cc1cc(N)cc(NCC(O)c2ccsc2)c1. The lowest BCUT2D eigenvalue weighted by Crippen LogP contribution is -2.11. The number of hydrogen-bond acceptors (Lipinski definition) is 4. The second-order valence-electron chi connectivity index (χ2n) is 4.09. The minimum atomic E-state index is -0.483. The van der Waals surface area contributed by atoms with Crippen molar-refractivity contribution in [2.24, 2.45) is 0 Å². The third-order valence-corrected chi connectivity index (χ3v) is 3.23. The Labute approximate surface area is 105 Å². The van der Waals surface area contributed by atoms with Crippen molar-refractivity contribution in [2.75, 3.05) is 17.6 Å². The van der Waals surface area contributed by atoms with E-state index in [0.717, 1.165) is 22.5 Å². The molecule has 0 aliphatic carbocycles. The lowest BCUT2D eigenvalue weighted by Gasteiger charge is -2.12. The van der Waals surface area contributed by atoms with E-state index in [4.69, 9.17) is 5.73 Å². The van der Waals surface area contributed by atoms with Crippen molar-refractivity contribution in [1.82, 2.24) is 0 Å². The van der Waals surface area contributed by atoms with Gasteiger partial charge >= 0.3 is 0 Å². The number of anilines is 2. The maximum Gasteiger partial charge on any atom is 0.0970 e. The number of aliphatic hydroxyl groups excluding tert-OH is 1. The van der Waals surface area contributed by atoms with E-state index in [2.05, 4.69) is 5.32 Å². The number of aliphatic hydroxyl groups is 1. The third kappa shape index (κ3) is 3.22. The minimum absolute atomic E-state index is 0.483. The topological polar surface area (TPSA) is 58.3 Å². The molecule has 0 spiro atoms. The molecule has 0 radical (unpaired) electrons. The highest BCUT2D eigenvalue weighted by atomic mass is 32.1. The highest BCUT2D eigenvalue weighted by molar-refractivity contribution is 7.07. The van der Waals surface area contributed by atoms with Gasteiger partial charge in [0.1, 0.15) is 0 Å². The van der Waals surface area contributed by atoms with Gasteiger partial charge in [-0.15, -0.1) is 0 Å². The predicted octanol–water partition coefficient (Wildman–Crippen LogP) is 2.78. The zero-order valence-electron chi connectivity index (χ0n) is 9.68. The first-order valence-corrected chi connectivity index (χ1v) is 6.40. The van der Waals surface area contributed by atoms with Crippen LogP contribution in [-0.2, 0) is 0 Å². The normalized spacial score (nSPS) is 12.4. The fourth-order valence-electron chi connectivity index (χ4n) is 1.71. The second kappa shape index (κ2) is 5.21. The van der Waals surface area contributed by atoms with Crippen molar-refractivity contribution in [3.05, 3.63) is 46.2 Å². The molecule has 1 aromatic carbocycles. The Morgan fingerprint density at radius 3 is 2.88 bits per heavy atom. The molecule has 0 bridgehead atoms. The van der Waals surface area contributed by atoms with Crippen LogP contribution in [-0.4, -0.2) is 11.7 Å². The highest BCUT2D eigenvalue weighted by Crippen LogP contribution is 2.19. The van der Waals surface area contributed by atoms with E-state index in [0.29, 0.717) is 6.54 Å². The van der Waals surface area contributed by atoms with Gasteiger partial charge in [-0.05, 0) is 53.1 Å². The van der Waals surface area contributed by atoms with Crippen LogP contribution in [0.1, 0.15) is 17.2 Å². The van der Waals surface area contributed by atoms with Crippen LogP contribution in [0.15, 0.2) is 35.0 Å². The molecule has 0 amide bonds. The van der Waals surface area contributed by atoms with E-state index in [1.54, 1.807) is 11.3 Å². The average Bonchev–Trinajstić information content (AvgIpc) is 2.78. The molecule has 0 aliphatic rings. The van der Waals surface area contributed by atoms with Crippen LogP contribution in [0.2, 0.25) is 0 Å². The first kappa shape index (κ1) is 12.0. The Morgan fingerprint density at radius 2 is 2.24 bits per heavy atom. The van der Waals surface area contributed by atoms with Crippen LogP contribution in [0.25, 0.3) is 0 Å².